The van der Waals surface area contributed by atoms with E-state index in [1.54, 1.807) is 12.1 Å². The monoisotopic (exact) mass is 269 g/mol. The Morgan fingerprint density at radius 2 is 2.00 bits per heavy atom. The highest BCUT2D eigenvalue weighted by Gasteiger charge is 2.37. The first-order chi connectivity index (χ1) is 9.08. The number of rotatable bonds is 2. The molecule has 1 aliphatic rings. The zero-order valence-corrected chi connectivity index (χ0v) is 10.3. The van der Waals surface area contributed by atoms with Gasteiger partial charge in [-0.1, -0.05) is 30.3 Å². The molecule has 0 aromatic heterocycles. The van der Waals surface area contributed by atoms with Crippen LogP contribution in [0.1, 0.15) is 5.56 Å². The van der Waals surface area contributed by atoms with Crippen LogP contribution in [0.5, 0.6) is 0 Å². The van der Waals surface area contributed by atoms with Crippen LogP contribution >= 0.6 is 0 Å². The van der Waals surface area contributed by atoms with Gasteiger partial charge in [0.1, 0.15) is 25.0 Å². The summed E-state index contributed by atoms with van der Waals surface area (Å²) >= 11 is 0. The number of amides is 1. The number of aliphatic hydroxyl groups is 2. The first kappa shape index (κ1) is 13.8. The number of carbonyl (C=O) groups is 1. The molecule has 104 valence electrons. The minimum Gasteiger partial charge on any atom is -0.445 e. The molecular formula is C13H16FNO4. The van der Waals surface area contributed by atoms with E-state index in [0.717, 1.165) is 10.5 Å². The summed E-state index contributed by atoms with van der Waals surface area (Å²) in [7, 11) is 0. The number of nitrogens with zero attached hydrogens (tertiary/aromatic N) is 1. The van der Waals surface area contributed by atoms with Crippen molar-refractivity contribution in [3.63, 3.8) is 0 Å². The van der Waals surface area contributed by atoms with Gasteiger partial charge in [0.25, 0.3) is 0 Å². The molecule has 0 unspecified atom stereocenters. The number of likely N-dealkylation sites (tertiary alicyclic amines) is 1. The molecule has 1 aromatic rings. The number of carbonyl (C=O) groups excluding carboxylic acids is 1. The lowest BCUT2D eigenvalue weighted by atomic mass is 10.0. The van der Waals surface area contributed by atoms with E-state index in [-0.39, 0.29) is 19.7 Å². The SMILES string of the molecule is O=C(OCc1ccccc1)N1C[C@@H](F)[C@@H](O)[C@@H](O)C1. The Morgan fingerprint density at radius 1 is 1.32 bits per heavy atom. The summed E-state index contributed by atoms with van der Waals surface area (Å²) in [5.74, 6) is 0. The highest BCUT2D eigenvalue weighted by Crippen LogP contribution is 2.16. The highest BCUT2D eigenvalue weighted by molar-refractivity contribution is 5.68. The lowest BCUT2D eigenvalue weighted by molar-refractivity contribution is -0.0791. The van der Waals surface area contributed by atoms with E-state index in [9.17, 15) is 19.4 Å². The molecule has 1 aromatic carbocycles. The largest absolute Gasteiger partial charge is 0.445 e. The number of hydrogen-bond donors (Lipinski definition) is 2. The summed E-state index contributed by atoms with van der Waals surface area (Å²) < 4.78 is 18.4. The van der Waals surface area contributed by atoms with Crippen molar-refractivity contribution in [2.75, 3.05) is 13.1 Å². The van der Waals surface area contributed by atoms with Crippen LogP contribution in [0.3, 0.4) is 0 Å². The average molecular weight is 269 g/mol. The van der Waals surface area contributed by atoms with Crippen LogP contribution in [0.2, 0.25) is 0 Å². The molecule has 0 aliphatic carbocycles. The van der Waals surface area contributed by atoms with Crippen LogP contribution in [0.4, 0.5) is 9.18 Å². The molecule has 2 N–H and O–H groups in total. The van der Waals surface area contributed by atoms with Crippen LogP contribution in [0.15, 0.2) is 30.3 Å². The van der Waals surface area contributed by atoms with Gasteiger partial charge in [0.05, 0.1) is 13.1 Å². The fourth-order valence-corrected chi connectivity index (χ4v) is 1.93. The summed E-state index contributed by atoms with van der Waals surface area (Å²) in [6.45, 7) is -0.313. The molecule has 0 radical (unpaired) electrons. The molecule has 1 heterocycles. The maximum absolute atomic E-state index is 13.3. The summed E-state index contributed by atoms with van der Waals surface area (Å²) in [5.41, 5.74) is 0.824. The topological polar surface area (TPSA) is 70.0 Å². The van der Waals surface area contributed by atoms with Crippen molar-refractivity contribution in [1.82, 2.24) is 4.90 Å². The van der Waals surface area contributed by atoms with Gasteiger partial charge in [-0.05, 0) is 5.56 Å². The summed E-state index contributed by atoms with van der Waals surface area (Å²) in [6, 6.07) is 9.10. The number of aliphatic hydroxyl groups excluding tert-OH is 2. The molecular weight excluding hydrogens is 253 g/mol. The molecule has 2 rings (SSSR count). The molecule has 1 saturated heterocycles. The second-order valence-electron chi connectivity index (χ2n) is 4.52. The van der Waals surface area contributed by atoms with Gasteiger partial charge in [-0.15, -0.1) is 0 Å². The maximum Gasteiger partial charge on any atom is 0.410 e. The lowest BCUT2D eigenvalue weighted by Gasteiger charge is -2.34. The Bertz CT molecular complexity index is 416. The Labute approximate surface area is 110 Å². The zero-order valence-electron chi connectivity index (χ0n) is 10.3. The van der Waals surface area contributed by atoms with Crippen molar-refractivity contribution >= 4 is 6.09 Å². The molecule has 6 heteroatoms. The third kappa shape index (κ3) is 3.42. The molecule has 0 spiro atoms. The molecule has 3 atom stereocenters. The van der Waals surface area contributed by atoms with Gasteiger partial charge in [0.2, 0.25) is 0 Å². The van der Waals surface area contributed by atoms with Crippen molar-refractivity contribution in [2.24, 2.45) is 0 Å². The predicted molar refractivity (Wildman–Crippen MR) is 65.1 cm³/mol. The second kappa shape index (κ2) is 5.99. The highest BCUT2D eigenvalue weighted by atomic mass is 19.1. The number of benzene rings is 1. The minimum atomic E-state index is -1.66. The number of hydrogen-bond acceptors (Lipinski definition) is 4. The van der Waals surface area contributed by atoms with E-state index in [1.807, 2.05) is 18.2 Å². The van der Waals surface area contributed by atoms with E-state index >= 15 is 0 Å². The smallest absolute Gasteiger partial charge is 0.410 e. The molecule has 19 heavy (non-hydrogen) atoms. The molecule has 0 bridgehead atoms. The van der Waals surface area contributed by atoms with Gasteiger partial charge in [-0.25, -0.2) is 9.18 Å². The Balaban J connectivity index is 1.87. The number of alkyl halides is 1. The molecule has 1 fully saturated rings. The van der Waals surface area contributed by atoms with E-state index in [0.29, 0.717) is 0 Å². The summed E-state index contributed by atoms with van der Waals surface area (Å²) in [6.07, 6.45) is -5.09. The fraction of sp³-hybridized carbons (Fsp3) is 0.462. The van der Waals surface area contributed by atoms with Crippen LogP contribution in [0, 0.1) is 0 Å². The first-order valence-electron chi connectivity index (χ1n) is 6.04. The van der Waals surface area contributed by atoms with Crippen molar-refractivity contribution in [3.05, 3.63) is 35.9 Å². The van der Waals surface area contributed by atoms with E-state index in [4.69, 9.17) is 4.74 Å². The molecule has 1 amide bonds. The van der Waals surface area contributed by atoms with Crippen LogP contribution in [-0.2, 0) is 11.3 Å². The maximum atomic E-state index is 13.3. The van der Waals surface area contributed by atoms with Gasteiger partial charge < -0.3 is 19.8 Å². The third-order valence-electron chi connectivity index (χ3n) is 3.03. The Morgan fingerprint density at radius 3 is 2.63 bits per heavy atom. The molecule has 0 saturated carbocycles. The van der Waals surface area contributed by atoms with Gasteiger partial charge in [-0.3, -0.25) is 0 Å². The number of ether oxygens (including phenoxy) is 1. The molecule has 1 aliphatic heterocycles. The van der Waals surface area contributed by atoms with E-state index in [1.165, 1.54) is 0 Å². The average Bonchev–Trinajstić information content (AvgIpc) is 2.42. The van der Waals surface area contributed by atoms with Crippen LogP contribution < -0.4 is 0 Å². The normalized spacial score (nSPS) is 27.1. The second-order valence-corrected chi connectivity index (χ2v) is 4.52. The lowest BCUT2D eigenvalue weighted by Crippen LogP contribution is -2.55. The quantitative estimate of drug-likeness (QED) is 0.829. The van der Waals surface area contributed by atoms with E-state index in [2.05, 4.69) is 0 Å². The van der Waals surface area contributed by atoms with E-state index < -0.39 is 24.5 Å². The van der Waals surface area contributed by atoms with Crippen LogP contribution in [0.25, 0.3) is 0 Å². The fourth-order valence-electron chi connectivity index (χ4n) is 1.93. The summed E-state index contributed by atoms with van der Waals surface area (Å²) in [5, 5.41) is 18.7. The Hall–Kier alpha value is -1.66. The number of halogens is 1. The standard InChI is InChI=1S/C13H16FNO4/c14-10-6-15(7-11(16)12(10)17)13(18)19-8-9-4-2-1-3-5-9/h1-5,10-12,16-17H,6-8H2/t10-,11+,12-/m1/s1. The zero-order chi connectivity index (χ0) is 13.8. The summed E-state index contributed by atoms with van der Waals surface area (Å²) in [4.78, 5) is 12.8. The Kier molecular flexibility index (Phi) is 4.34. The predicted octanol–water partition coefficient (Wildman–Crippen LogP) is 0.699. The van der Waals surface area contributed by atoms with Crippen LogP contribution in [-0.4, -0.2) is 52.7 Å². The van der Waals surface area contributed by atoms with Gasteiger partial charge in [-0.2, -0.15) is 0 Å². The number of piperidine rings is 1. The van der Waals surface area contributed by atoms with Crippen molar-refractivity contribution < 1.29 is 24.1 Å². The van der Waals surface area contributed by atoms with Gasteiger partial charge >= 0.3 is 6.09 Å². The van der Waals surface area contributed by atoms with Gasteiger partial charge in [0.15, 0.2) is 0 Å². The minimum absolute atomic E-state index is 0.0891. The third-order valence-corrected chi connectivity index (χ3v) is 3.03. The van der Waals surface area contributed by atoms with Gasteiger partial charge in [0, 0.05) is 0 Å². The van der Waals surface area contributed by atoms with Crippen molar-refractivity contribution in [2.45, 2.75) is 25.0 Å². The first-order valence-corrected chi connectivity index (χ1v) is 6.04. The van der Waals surface area contributed by atoms with Crippen molar-refractivity contribution in [3.8, 4) is 0 Å². The number of β-amino-alcohol motifs (C(OH)–C–C–N with tert-alkyl or cyclic N) is 1. The molecule has 5 nitrogen and oxygen atoms in total. The van der Waals surface area contributed by atoms with Crippen molar-refractivity contribution in [1.29, 1.82) is 0 Å².